The first-order valence-electron chi connectivity index (χ1n) is 6.75. The van der Waals surface area contributed by atoms with Crippen molar-refractivity contribution in [1.29, 1.82) is 0 Å². The molecule has 3 aromatic rings. The van der Waals surface area contributed by atoms with Gasteiger partial charge >= 0.3 is 5.91 Å². The molecule has 2 aromatic heterocycles. The van der Waals surface area contributed by atoms with Crippen LogP contribution in [0, 0.1) is 0 Å². The van der Waals surface area contributed by atoms with E-state index in [0.29, 0.717) is 22.1 Å². The van der Waals surface area contributed by atoms with Gasteiger partial charge in [0, 0.05) is 6.54 Å². The van der Waals surface area contributed by atoms with E-state index in [4.69, 9.17) is 20.8 Å². The van der Waals surface area contributed by atoms with Gasteiger partial charge in [-0.25, -0.2) is 0 Å². The fourth-order valence-electron chi connectivity index (χ4n) is 2.21. The number of amides is 1. The summed E-state index contributed by atoms with van der Waals surface area (Å²) in [5.74, 6) is 0.398. The minimum atomic E-state index is -0.450. The highest BCUT2D eigenvalue weighted by molar-refractivity contribution is 7.17. The maximum absolute atomic E-state index is 12.2. The molecular weight excluding hydrogens is 336 g/mol. The third-order valence-electron chi connectivity index (χ3n) is 3.20. The van der Waals surface area contributed by atoms with Gasteiger partial charge in [0.2, 0.25) is 0 Å². The number of hydrogen-bond donors (Lipinski definition) is 0. The van der Waals surface area contributed by atoms with Crippen LogP contribution in [-0.4, -0.2) is 17.6 Å². The van der Waals surface area contributed by atoms with Gasteiger partial charge in [0.15, 0.2) is 10.6 Å². The average Bonchev–Trinajstić information content (AvgIpc) is 3.18. The van der Waals surface area contributed by atoms with Crippen molar-refractivity contribution >= 4 is 39.1 Å². The summed E-state index contributed by atoms with van der Waals surface area (Å²) in [6, 6.07) is 6.76. The number of thiazole rings is 1. The first-order chi connectivity index (χ1) is 11.2. The number of rotatable bonds is 4. The zero-order chi connectivity index (χ0) is 16.4. The van der Waals surface area contributed by atoms with Crippen molar-refractivity contribution in [2.45, 2.75) is 6.54 Å². The van der Waals surface area contributed by atoms with Crippen molar-refractivity contribution in [3.05, 3.63) is 58.8 Å². The van der Waals surface area contributed by atoms with Crippen molar-refractivity contribution in [2.24, 2.45) is 4.99 Å². The molecule has 0 fully saturated rings. The predicted molar refractivity (Wildman–Crippen MR) is 90.2 cm³/mol. The molecule has 0 saturated carbocycles. The lowest BCUT2D eigenvalue weighted by Gasteiger charge is -2.06. The van der Waals surface area contributed by atoms with Crippen LogP contribution in [0.3, 0.4) is 0 Å². The molecule has 2 heterocycles. The lowest BCUT2D eigenvalue weighted by atomic mass is 10.3. The second-order valence-electron chi connectivity index (χ2n) is 4.61. The number of halogens is 1. The Balaban J connectivity index is 2.28. The topological polar surface area (TPSA) is 56.7 Å². The molecule has 0 aliphatic rings. The second kappa shape index (κ2) is 6.44. The standard InChI is InChI=1S/C16H13ClN2O3S/c1-3-8-19-13-11(21-2)7-6-10(17)14(13)23-16(19)18-15(20)12-5-4-9-22-12/h3-7,9H,1,8H2,2H3. The number of carbonyl (C=O) groups is 1. The van der Waals surface area contributed by atoms with Gasteiger partial charge in [-0.1, -0.05) is 29.0 Å². The number of methoxy groups -OCH3 is 1. The van der Waals surface area contributed by atoms with Gasteiger partial charge < -0.3 is 13.7 Å². The number of fused-ring (bicyclic) bond motifs is 1. The van der Waals surface area contributed by atoms with Gasteiger partial charge in [-0.3, -0.25) is 4.79 Å². The van der Waals surface area contributed by atoms with E-state index in [1.165, 1.54) is 17.6 Å². The van der Waals surface area contributed by atoms with Gasteiger partial charge in [-0.2, -0.15) is 4.99 Å². The zero-order valence-corrected chi connectivity index (χ0v) is 13.9. The predicted octanol–water partition coefficient (Wildman–Crippen LogP) is 3.88. The van der Waals surface area contributed by atoms with Crippen LogP contribution in [0.15, 0.2) is 52.6 Å². The normalized spacial score (nSPS) is 11.8. The van der Waals surface area contributed by atoms with Crippen LogP contribution in [0.1, 0.15) is 10.6 Å². The molecule has 23 heavy (non-hydrogen) atoms. The second-order valence-corrected chi connectivity index (χ2v) is 5.99. The van der Waals surface area contributed by atoms with Gasteiger partial charge in [0.25, 0.3) is 0 Å². The molecule has 5 nitrogen and oxygen atoms in total. The Morgan fingerprint density at radius 1 is 1.52 bits per heavy atom. The third-order valence-corrected chi connectivity index (χ3v) is 4.74. The molecule has 0 saturated heterocycles. The lowest BCUT2D eigenvalue weighted by molar-refractivity contribution is 0.0971. The average molecular weight is 349 g/mol. The van der Waals surface area contributed by atoms with Gasteiger partial charge in [0.05, 0.1) is 23.1 Å². The van der Waals surface area contributed by atoms with Crippen LogP contribution in [0.4, 0.5) is 0 Å². The molecule has 1 aromatic carbocycles. The minimum Gasteiger partial charge on any atom is -0.495 e. The Bertz CT molecular complexity index is 938. The Labute approximate surface area is 141 Å². The van der Waals surface area contributed by atoms with Gasteiger partial charge in [-0.15, -0.1) is 6.58 Å². The first-order valence-corrected chi connectivity index (χ1v) is 7.94. The van der Waals surface area contributed by atoms with Crippen molar-refractivity contribution in [2.75, 3.05) is 7.11 Å². The first kappa shape index (κ1) is 15.6. The summed E-state index contributed by atoms with van der Waals surface area (Å²) in [6.07, 6.45) is 3.16. The van der Waals surface area contributed by atoms with Crippen molar-refractivity contribution in [1.82, 2.24) is 4.57 Å². The van der Waals surface area contributed by atoms with E-state index in [-0.39, 0.29) is 5.76 Å². The van der Waals surface area contributed by atoms with E-state index in [1.807, 2.05) is 4.57 Å². The molecule has 1 amide bonds. The molecule has 0 aliphatic heterocycles. The van der Waals surface area contributed by atoms with Crippen LogP contribution in [-0.2, 0) is 6.54 Å². The monoisotopic (exact) mass is 348 g/mol. The maximum atomic E-state index is 12.2. The molecule has 0 radical (unpaired) electrons. The molecule has 118 valence electrons. The zero-order valence-electron chi connectivity index (χ0n) is 12.3. The Kier molecular flexibility index (Phi) is 4.36. The van der Waals surface area contributed by atoms with Gasteiger partial charge in [-0.05, 0) is 24.3 Å². The smallest absolute Gasteiger partial charge is 0.315 e. The van der Waals surface area contributed by atoms with E-state index in [0.717, 1.165) is 10.2 Å². The SMILES string of the molecule is C=CCn1c(=NC(=O)c2ccco2)sc2c(Cl)ccc(OC)c21. The summed E-state index contributed by atoms with van der Waals surface area (Å²) < 4.78 is 13.1. The highest BCUT2D eigenvalue weighted by Crippen LogP contribution is 2.33. The largest absolute Gasteiger partial charge is 0.495 e. The summed E-state index contributed by atoms with van der Waals surface area (Å²) in [5.41, 5.74) is 0.788. The number of ether oxygens (including phenoxy) is 1. The fraction of sp³-hybridized carbons (Fsp3) is 0.125. The molecule has 0 atom stereocenters. The van der Waals surface area contributed by atoms with E-state index >= 15 is 0 Å². The molecule has 0 spiro atoms. The molecule has 7 heteroatoms. The Morgan fingerprint density at radius 2 is 2.35 bits per heavy atom. The van der Waals surface area contributed by atoms with E-state index in [9.17, 15) is 4.79 Å². The van der Waals surface area contributed by atoms with Crippen molar-refractivity contribution < 1.29 is 13.9 Å². The number of furan rings is 1. The van der Waals surface area contributed by atoms with Gasteiger partial charge in [0.1, 0.15) is 11.3 Å². The van der Waals surface area contributed by atoms with Crippen molar-refractivity contribution in [3.63, 3.8) is 0 Å². The highest BCUT2D eigenvalue weighted by Gasteiger charge is 2.15. The van der Waals surface area contributed by atoms with E-state index in [1.54, 1.807) is 37.5 Å². The molecular formula is C16H13ClN2O3S. The summed E-state index contributed by atoms with van der Waals surface area (Å²) >= 11 is 7.60. The number of nitrogens with zero attached hydrogens (tertiary/aromatic N) is 2. The molecule has 0 N–H and O–H groups in total. The van der Waals surface area contributed by atoms with Crippen LogP contribution < -0.4 is 9.54 Å². The summed E-state index contributed by atoms with van der Waals surface area (Å²) in [4.78, 5) is 16.9. The van der Waals surface area contributed by atoms with Crippen LogP contribution in [0.5, 0.6) is 5.75 Å². The van der Waals surface area contributed by atoms with Crippen molar-refractivity contribution in [3.8, 4) is 5.75 Å². The quantitative estimate of drug-likeness (QED) is 0.672. The van der Waals surface area contributed by atoms with E-state index < -0.39 is 5.91 Å². The fourth-order valence-corrected chi connectivity index (χ4v) is 3.54. The lowest BCUT2D eigenvalue weighted by Crippen LogP contribution is -2.16. The van der Waals surface area contributed by atoms with Crippen LogP contribution in [0.2, 0.25) is 5.02 Å². The highest BCUT2D eigenvalue weighted by atomic mass is 35.5. The minimum absolute atomic E-state index is 0.186. The summed E-state index contributed by atoms with van der Waals surface area (Å²) in [6.45, 7) is 4.23. The maximum Gasteiger partial charge on any atom is 0.315 e. The number of hydrogen-bond acceptors (Lipinski definition) is 4. The molecule has 0 unspecified atom stereocenters. The summed E-state index contributed by atoms with van der Waals surface area (Å²) in [7, 11) is 1.59. The third kappa shape index (κ3) is 2.83. The number of carbonyl (C=O) groups excluding carboxylic acids is 1. The number of allylic oxidation sites excluding steroid dienone is 1. The Hall–Kier alpha value is -2.31. The molecule has 0 aliphatic carbocycles. The van der Waals surface area contributed by atoms with E-state index in [2.05, 4.69) is 11.6 Å². The molecule has 3 rings (SSSR count). The number of benzene rings is 1. The van der Waals surface area contributed by atoms with Crippen LogP contribution >= 0.6 is 22.9 Å². The molecule has 0 bridgehead atoms. The number of aromatic nitrogens is 1. The Morgan fingerprint density at radius 3 is 3.00 bits per heavy atom. The summed E-state index contributed by atoms with van der Waals surface area (Å²) in [5, 5.41) is 0.579. The van der Waals surface area contributed by atoms with Crippen LogP contribution in [0.25, 0.3) is 10.2 Å².